The maximum absolute atomic E-state index is 12.7. The van der Waals surface area contributed by atoms with Crippen LogP contribution in [0.15, 0.2) is 41.3 Å². The molecule has 0 spiro atoms. The molecule has 2 N–H and O–H groups in total. The van der Waals surface area contributed by atoms with Gasteiger partial charge in [0.15, 0.2) is 0 Å². The molecule has 0 radical (unpaired) electrons. The zero-order valence-corrected chi connectivity index (χ0v) is 17.1. The molecule has 0 fully saturated rings. The first-order chi connectivity index (χ1) is 13.4. The molecule has 0 saturated heterocycles. The third-order valence-electron chi connectivity index (χ3n) is 3.91. The van der Waals surface area contributed by atoms with E-state index in [1.165, 1.54) is 39.5 Å². The summed E-state index contributed by atoms with van der Waals surface area (Å²) in [6.45, 7) is 2.13. The van der Waals surface area contributed by atoms with Crippen LogP contribution in [0.3, 0.4) is 0 Å². The van der Waals surface area contributed by atoms with Crippen LogP contribution < -0.4 is 24.2 Å². The molecule has 0 aliphatic carbocycles. The molecule has 152 valence electrons. The Labute approximate surface area is 164 Å². The molecular formula is C19H24N2O6S. The van der Waals surface area contributed by atoms with Crippen LogP contribution in [-0.2, 0) is 10.0 Å². The largest absolute Gasteiger partial charge is 0.497 e. The molecule has 0 aliphatic heterocycles. The lowest BCUT2D eigenvalue weighted by Gasteiger charge is -2.14. The van der Waals surface area contributed by atoms with Crippen LogP contribution in [-0.4, -0.2) is 42.2 Å². The predicted molar refractivity (Wildman–Crippen MR) is 106 cm³/mol. The average molecular weight is 408 g/mol. The number of anilines is 1. The summed E-state index contributed by atoms with van der Waals surface area (Å²) in [7, 11) is 0.545. The number of benzene rings is 2. The molecular weight excluding hydrogens is 384 g/mol. The molecule has 8 nitrogen and oxygen atoms in total. The predicted octanol–water partition coefficient (Wildman–Crippen LogP) is 2.65. The molecule has 0 heterocycles. The van der Waals surface area contributed by atoms with Crippen LogP contribution in [0.1, 0.15) is 23.7 Å². The number of hydrogen-bond donors (Lipinski definition) is 2. The van der Waals surface area contributed by atoms with Crippen LogP contribution in [0.25, 0.3) is 0 Å². The average Bonchev–Trinajstić information content (AvgIpc) is 2.71. The quantitative estimate of drug-likeness (QED) is 0.661. The Balaban J connectivity index is 2.38. The Hall–Kier alpha value is -2.78. The zero-order chi connectivity index (χ0) is 20.7. The Kier molecular flexibility index (Phi) is 7.24. The fourth-order valence-electron chi connectivity index (χ4n) is 2.45. The van der Waals surface area contributed by atoms with Crippen molar-refractivity contribution in [2.24, 2.45) is 0 Å². The third kappa shape index (κ3) is 4.93. The van der Waals surface area contributed by atoms with E-state index in [4.69, 9.17) is 14.2 Å². The highest BCUT2D eigenvalue weighted by molar-refractivity contribution is 7.89. The van der Waals surface area contributed by atoms with E-state index >= 15 is 0 Å². The molecule has 0 unspecified atom stereocenters. The van der Waals surface area contributed by atoms with Crippen molar-refractivity contribution < 1.29 is 27.4 Å². The Morgan fingerprint density at radius 2 is 1.64 bits per heavy atom. The van der Waals surface area contributed by atoms with Gasteiger partial charge in [0, 0.05) is 18.2 Å². The number of methoxy groups -OCH3 is 3. The monoisotopic (exact) mass is 408 g/mol. The summed E-state index contributed by atoms with van der Waals surface area (Å²) in [6, 6.07) is 9.18. The summed E-state index contributed by atoms with van der Waals surface area (Å²) >= 11 is 0. The maximum atomic E-state index is 12.7. The van der Waals surface area contributed by atoms with Gasteiger partial charge in [0.1, 0.15) is 22.1 Å². The summed E-state index contributed by atoms with van der Waals surface area (Å²) in [4.78, 5) is 12.6. The van der Waals surface area contributed by atoms with Gasteiger partial charge in [0.25, 0.3) is 5.91 Å². The number of sulfonamides is 1. The number of rotatable bonds is 9. The van der Waals surface area contributed by atoms with Crippen LogP contribution >= 0.6 is 0 Å². The van der Waals surface area contributed by atoms with Crippen molar-refractivity contribution in [2.75, 3.05) is 33.2 Å². The standard InChI is InChI=1S/C19H24N2O6S/c1-5-10-20-28(23,24)18-11-13(6-8-17(18)27-4)19(22)21-15-12-14(25-2)7-9-16(15)26-3/h6-9,11-12,20H,5,10H2,1-4H3,(H,21,22). The van der Waals surface area contributed by atoms with Crippen molar-refractivity contribution in [3.8, 4) is 17.2 Å². The minimum Gasteiger partial charge on any atom is -0.497 e. The molecule has 2 aromatic rings. The second kappa shape index (κ2) is 9.43. The molecule has 2 aromatic carbocycles. The number of carbonyl (C=O) groups excluding carboxylic acids is 1. The van der Waals surface area contributed by atoms with Gasteiger partial charge >= 0.3 is 0 Å². The van der Waals surface area contributed by atoms with E-state index in [0.717, 1.165) is 0 Å². The van der Waals surface area contributed by atoms with Crippen molar-refractivity contribution in [2.45, 2.75) is 18.2 Å². The van der Waals surface area contributed by atoms with Crippen molar-refractivity contribution in [1.82, 2.24) is 4.72 Å². The van der Waals surface area contributed by atoms with Gasteiger partial charge < -0.3 is 19.5 Å². The first kappa shape index (κ1) is 21.5. The molecule has 1 amide bonds. The third-order valence-corrected chi connectivity index (χ3v) is 5.39. The van der Waals surface area contributed by atoms with E-state index in [-0.39, 0.29) is 22.8 Å². The van der Waals surface area contributed by atoms with Crippen LogP contribution in [0.2, 0.25) is 0 Å². The molecule has 0 aromatic heterocycles. The van der Waals surface area contributed by atoms with Crippen LogP contribution in [0.4, 0.5) is 5.69 Å². The Morgan fingerprint density at radius 3 is 2.25 bits per heavy atom. The lowest BCUT2D eigenvalue weighted by molar-refractivity contribution is 0.102. The second-order valence-electron chi connectivity index (χ2n) is 5.78. The molecule has 0 atom stereocenters. The van der Waals surface area contributed by atoms with Crippen molar-refractivity contribution in [3.63, 3.8) is 0 Å². The summed E-state index contributed by atoms with van der Waals surface area (Å²) in [5.74, 6) is 0.637. The van der Waals surface area contributed by atoms with Gasteiger partial charge in [-0.15, -0.1) is 0 Å². The van der Waals surface area contributed by atoms with Gasteiger partial charge in [-0.3, -0.25) is 4.79 Å². The molecule has 28 heavy (non-hydrogen) atoms. The van der Waals surface area contributed by atoms with Gasteiger partial charge in [-0.05, 0) is 36.8 Å². The van der Waals surface area contributed by atoms with E-state index in [9.17, 15) is 13.2 Å². The van der Waals surface area contributed by atoms with Gasteiger partial charge in [-0.2, -0.15) is 0 Å². The SMILES string of the molecule is CCCNS(=O)(=O)c1cc(C(=O)Nc2cc(OC)ccc2OC)ccc1OC. The number of nitrogens with one attached hydrogen (secondary N) is 2. The summed E-state index contributed by atoms with van der Waals surface area (Å²) in [5.41, 5.74) is 0.554. The van der Waals surface area contributed by atoms with E-state index in [0.29, 0.717) is 23.6 Å². The lowest BCUT2D eigenvalue weighted by atomic mass is 10.2. The number of ether oxygens (including phenoxy) is 3. The Morgan fingerprint density at radius 1 is 0.964 bits per heavy atom. The van der Waals surface area contributed by atoms with Gasteiger partial charge in [-0.25, -0.2) is 13.1 Å². The topological polar surface area (TPSA) is 103 Å². The second-order valence-corrected chi connectivity index (χ2v) is 7.52. The summed E-state index contributed by atoms with van der Waals surface area (Å²) < 4.78 is 43.1. The van der Waals surface area contributed by atoms with E-state index in [1.54, 1.807) is 18.2 Å². The number of hydrogen-bond acceptors (Lipinski definition) is 6. The normalized spacial score (nSPS) is 11.0. The van der Waals surface area contributed by atoms with Crippen LogP contribution in [0.5, 0.6) is 17.2 Å². The number of carbonyl (C=O) groups is 1. The summed E-state index contributed by atoms with van der Waals surface area (Å²) in [5, 5.41) is 2.71. The highest BCUT2D eigenvalue weighted by Crippen LogP contribution is 2.30. The lowest BCUT2D eigenvalue weighted by Crippen LogP contribution is -2.25. The first-order valence-electron chi connectivity index (χ1n) is 8.57. The fraction of sp³-hybridized carbons (Fsp3) is 0.316. The van der Waals surface area contributed by atoms with Crippen molar-refractivity contribution >= 4 is 21.6 Å². The van der Waals surface area contributed by atoms with E-state index in [1.807, 2.05) is 6.92 Å². The van der Waals surface area contributed by atoms with E-state index in [2.05, 4.69) is 10.0 Å². The molecule has 0 saturated carbocycles. The van der Waals surface area contributed by atoms with Crippen LogP contribution in [0, 0.1) is 0 Å². The maximum Gasteiger partial charge on any atom is 0.255 e. The minimum absolute atomic E-state index is 0.103. The van der Waals surface area contributed by atoms with Crippen molar-refractivity contribution in [3.05, 3.63) is 42.0 Å². The minimum atomic E-state index is -3.82. The first-order valence-corrected chi connectivity index (χ1v) is 10.1. The smallest absolute Gasteiger partial charge is 0.255 e. The zero-order valence-electron chi connectivity index (χ0n) is 16.2. The molecule has 2 rings (SSSR count). The highest BCUT2D eigenvalue weighted by atomic mass is 32.2. The highest BCUT2D eigenvalue weighted by Gasteiger charge is 2.21. The van der Waals surface area contributed by atoms with Crippen molar-refractivity contribution in [1.29, 1.82) is 0 Å². The Bertz CT molecular complexity index is 943. The molecule has 9 heteroatoms. The summed E-state index contributed by atoms with van der Waals surface area (Å²) in [6.07, 6.45) is 0.636. The number of amides is 1. The molecule has 0 aliphatic rings. The fourth-order valence-corrected chi connectivity index (χ4v) is 3.78. The van der Waals surface area contributed by atoms with Gasteiger partial charge in [0.05, 0.1) is 27.0 Å². The van der Waals surface area contributed by atoms with Gasteiger partial charge in [0.2, 0.25) is 10.0 Å². The molecule has 0 bridgehead atoms. The van der Waals surface area contributed by atoms with Gasteiger partial charge in [-0.1, -0.05) is 6.92 Å². The van der Waals surface area contributed by atoms with E-state index < -0.39 is 15.9 Å².